The van der Waals surface area contributed by atoms with Gasteiger partial charge in [-0.1, -0.05) is 24.3 Å². The van der Waals surface area contributed by atoms with Crippen molar-refractivity contribution in [1.29, 1.82) is 0 Å². The predicted octanol–water partition coefficient (Wildman–Crippen LogP) is 2.76. The smallest absolute Gasteiger partial charge is 0.344 e. The summed E-state index contributed by atoms with van der Waals surface area (Å²) in [5.74, 6) is 0.214. The number of pyridine rings is 1. The summed E-state index contributed by atoms with van der Waals surface area (Å²) in [7, 11) is 2.93. The third-order valence-electron chi connectivity index (χ3n) is 3.55. The minimum atomic E-state index is -0.667. The zero-order valence-corrected chi connectivity index (χ0v) is 13.2. The Morgan fingerprint density at radius 1 is 0.958 bits per heavy atom. The molecule has 0 aliphatic heterocycles. The number of benzene rings is 2. The molecule has 0 radical (unpaired) electrons. The molecule has 0 saturated carbocycles. The molecule has 1 aromatic heterocycles. The Labute approximate surface area is 137 Å². The van der Waals surface area contributed by atoms with Crippen LogP contribution < -0.4 is 19.8 Å². The van der Waals surface area contributed by atoms with Crippen molar-refractivity contribution < 1.29 is 19.0 Å². The van der Waals surface area contributed by atoms with Crippen molar-refractivity contribution in [3.05, 3.63) is 64.4 Å². The second-order valence-electron chi connectivity index (χ2n) is 4.97. The number of aromatic nitrogens is 1. The van der Waals surface area contributed by atoms with Crippen LogP contribution in [0.2, 0.25) is 0 Å². The Bertz CT molecular complexity index is 939. The zero-order chi connectivity index (χ0) is 17.1. The first-order valence-corrected chi connectivity index (χ1v) is 7.19. The van der Waals surface area contributed by atoms with E-state index in [-0.39, 0.29) is 16.9 Å². The third kappa shape index (κ3) is 2.81. The fourth-order valence-corrected chi connectivity index (χ4v) is 2.44. The minimum absolute atomic E-state index is 0.164. The topological polar surface area (TPSA) is 77.6 Å². The molecule has 24 heavy (non-hydrogen) atoms. The fourth-order valence-electron chi connectivity index (χ4n) is 2.44. The zero-order valence-electron chi connectivity index (χ0n) is 13.2. The van der Waals surface area contributed by atoms with E-state index < -0.39 is 5.97 Å². The van der Waals surface area contributed by atoms with Gasteiger partial charge in [-0.25, -0.2) is 4.79 Å². The summed E-state index contributed by atoms with van der Waals surface area (Å²) in [6.45, 7) is 0. The van der Waals surface area contributed by atoms with E-state index in [1.165, 1.54) is 20.3 Å². The maximum Gasteiger partial charge on any atom is 0.344 e. The van der Waals surface area contributed by atoms with Gasteiger partial charge in [-0.05, 0) is 18.2 Å². The number of para-hydroxylation sites is 2. The molecule has 0 fully saturated rings. The summed E-state index contributed by atoms with van der Waals surface area (Å²) in [5.41, 5.74) is 0.346. The number of carbonyl (C=O) groups is 1. The lowest BCUT2D eigenvalue weighted by molar-refractivity contribution is 0.0726. The molecule has 0 aliphatic carbocycles. The molecule has 0 spiro atoms. The highest BCUT2D eigenvalue weighted by atomic mass is 16.6. The number of aromatic amines is 1. The Morgan fingerprint density at radius 3 is 2.29 bits per heavy atom. The number of hydrogen-bond donors (Lipinski definition) is 1. The van der Waals surface area contributed by atoms with E-state index in [1.807, 2.05) is 0 Å². The number of ether oxygens (including phenoxy) is 3. The van der Waals surface area contributed by atoms with Gasteiger partial charge in [-0.3, -0.25) is 4.79 Å². The van der Waals surface area contributed by atoms with Crippen LogP contribution in [0.4, 0.5) is 0 Å². The summed E-state index contributed by atoms with van der Waals surface area (Å²) < 4.78 is 15.9. The number of H-pyrrole nitrogens is 1. The van der Waals surface area contributed by atoms with Gasteiger partial charge in [0.05, 0.1) is 19.8 Å². The van der Waals surface area contributed by atoms with Gasteiger partial charge in [0.15, 0.2) is 11.5 Å². The lowest BCUT2D eigenvalue weighted by Gasteiger charge is -2.13. The van der Waals surface area contributed by atoms with Crippen molar-refractivity contribution in [2.24, 2.45) is 0 Å². The van der Waals surface area contributed by atoms with E-state index in [0.29, 0.717) is 22.4 Å². The van der Waals surface area contributed by atoms with Crippen LogP contribution in [0.25, 0.3) is 10.9 Å². The molecule has 3 rings (SSSR count). The second-order valence-corrected chi connectivity index (χ2v) is 4.97. The molecule has 3 aromatic rings. The van der Waals surface area contributed by atoms with Crippen LogP contribution in [0.15, 0.2) is 53.3 Å². The molecule has 0 bridgehead atoms. The van der Waals surface area contributed by atoms with Gasteiger partial charge in [-0.15, -0.1) is 0 Å². The average Bonchev–Trinajstić information content (AvgIpc) is 2.61. The highest BCUT2D eigenvalue weighted by Gasteiger charge is 2.19. The average molecular weight is 325 g/mol. The standard InChI is InChI=1S/C18H15NO5/c1-22-14-8-5-9-15(23-2)17(14)24-18(21)12-10-16(20)19-13-7-4-3-6-11(12)13/h3-10H,1-2H3,(H,19,20). The number of fused-ring (bicyclic) bond motifs is 1. The monoisotopic (exact) mass is 325 g/mol. The van der Waals surface area contributed by atoms with Gasteiger partial charge in [0, 0.05) is 17.0 Å². The lowest BCUT2D eigenvalue weighted by atomic mass is 10.1. The van der Waals surface area contributed by atoms with E-state index in [9.17, 15) is 9.59 Å². The molecule has 0 amide bonds. The molecular weight excluding hydrogens is 310 g/mol. The molecule has 122 valence electrons. The summed E-state index contributed by atoms with van der Waals surface area (Å²) in [5, 5.41) is 0.593. The maximum atomic E-state index is 12.6. The maximum absolute atomic E-state index is 12.6. The molecule has 2 aromatic carbocycles. The molecule has 0 atom stereocenters. The fraction of sp³-hybridized carbons (Fsp3) is 0.111. The summed E-state index contributed by atoms with van der Waals surface area (Å²) in [6, 6.07) is 13.3. The van der Waals surface area contributed by atoms with Gasteiger partial charge >= 0.3 is 5.97 Å². The Kier molecular flexibility index (Phi) is 4.20. The van der Waals surface area contributed by atoms with E-state index in [2.05, 4.69) is 4.98 Å². The first-order chi connectivity index (χ1) is 11.6. The number of methoxy groups -OCH3 is 2. The highest BCUT2D eigenvalue weighted by molar-refractivity contribution is 6.04. The van der Waals surface area contributed by atoms with Crippen molar-refractivity contribution in [2.75, 3.05) is 14.2 Å². The quantitative estimate of drug-likeness (QED) is 0.589. The normalized spacial score (nSPS) is 10.4. The molecule has 1 N–H and O–H groups in total. The van der Waals surface area contributed by atoms with Crippen molar-refractivity contribution in [3.8, 4) is 17.2 Å². The van der Waals surface area contributed by atoms with Crippen LogP contribution in [0, 0.1) is 0 Å². The first-order valence-electron chi connectivity index (χ1n) is 7.19. The van der Waals surface area contributed by atoms with Crippen molar-refractivity contribution in [1.82, 2.24) is 4.98 Å². The predicted molar refractivity (Wildman–Crippen MR) is 89.1 cm³/mol. The molecule has 1 heterocycles. The van der Waals surface area contributed by atoms with Gasteiger partial charge in [0.1, 0.15) is 0 Å². The summed E-state index contributed by atoms with van der Waals surface area (Å²) >= 11 is 0. The first kappa shape index (κ1) is 15.6. The van der Waals surface area contributed by atoms with Crippen LogP contribution in [-0.4, -0.2) is 25.2 Å². The number of carbonyl (C=O) groups excluding carboxylic acids is 1. The van der Waals surface area contributed by atoms with Crippen molar-refractivity contribution in [2.45, 2.75) is 0 Å². The van der Waals surface area contributed by atoms with Crippen LogP contribution in [-0.2, 0) is 0 Å². The number of esters is 1. The van der Waals surface area contributed by atoms with E-state index in [4.69, 9.17) is 14.2 Å². The van der Waals surface area contributed by atoms with Gasteiger partial charge in [0.25, 0.3) is 0 Å². The van der Waals surface area contributed by atoms with E-state index in [0.717, 1.165) is 0 Å². The van der Waals surface area contributed by atoms with Crippen molar-refractivity contribution in [3.63, 3.8) is 0 Å². The number of hydrogen-bond acceptors (Lipinski definition) is 5. The number of nitrogens with one attached hydrogen (secondary N) is 1. The third-order valence-corrected chi connectivity index (χ3v) is 3.55. The summed E-state index contributed by atoms with van der Waals surface area (Å²) in [4.78, 5) is 27.1. The Hall–Kier alpha value is -3.28. The molecule has 6 nitrogen and oxygen atoms in total. The van der Waals surface area contributed by atoms with Crippen LogP contribution in [0.5, 0.6) is 17.2 Å². The molecule has 0 saturated heterocycles. The molecule has 6 heteroatoms. The summed E-state index contributed by atoms with van der Waals surface area (Å²) in [6.07, 6.45) is 0. The van der Waals surface area contributed by atoms with E-state index >= 15 is 0 Å². The Morgan fingerprint density at radius 2 is 1.62 bits per heavy atom. The van der Waals surface area contributed by atoms with E-state index in [1.54, 1.807) is 42.5 Å². The largest absolute Gasteiger partial charge is 0.493 e. The minimum Gasteiger partial charge on any atom is -0.493 e. The van der Waals surface area contributed by atoms with Crippen LogP contribution >= 0.6 is 0 Å². The van der Waals surface area contributed by atoms with Gasteiger partial charge in [0.2, 0.25) is 11.3 Å². The highest BCUT2D eigenvalue weighted by Crippen LogP contribution is 2.37. The second kappa shape index (κ2) is 6.45. The molecular formula is C18H15NO5. The van der Waals surface area contributed by atoms with Crippen LogP contribution in [0.3, 0.4) is 0 Å². The SMILES string of the molecule is COc1cccc(OC)c1OC(=O)c1cc(=O)[nH]c2ccccc12. The van der Waals surface area contributed by atoms with Crippen LogP contribution in [0.1, 0.15) is 10.4 Å². The lowest BCUT2D eigenvalue weighted by Crippen LogP contribution is -2.15. The van der Waals surface area contributed by atoms with Gasteiger partial charge in [-0.2, -0.15) is 0 Å². The number of rotatable bonds is 4. The van der Waals surface area contributed by atoms with Crippen molar-refractivity contribution >= 4 is 16.9 Å². The van der Waals surface area contributed by atoms with Gasteiger partial charge < -0.3 is 19.2 Å². The molecule has 0 unspecified atom stereocenters. The Balaban J connectivity index is 2.08. The molecule has 0 aliphatic rings.